The third kappa shape index (κ3) is 4.10. The van der Waals surface area contributed by atoms with Crippen LogP contribution in [0, 0.1) is 5.92 Å². The Kier molecular flexibility index (Phi) is 5.28. The third-order valence-corrected chi connectivity index (χ3v) is 4.29. The van der Waals surface area contributed by atoms with Gasteiger partial charge in [0.25, 0.3) is 0 Å². The standard InChI is InChI=1S/C13H18F3N3O2S/c1-8(2)10(11(20)19-3-5-21-6-4-19)18-12-17-7-9(22-12)13(14,15)16/h7-8,10H,3-6H2,1-2H3,(H,17,18). The van der Waals surface area contributed by atoms with Crippen LogP contribution >= 0.6 is 11.3 Å². The molecular weight excluding hydrogens is 319 g/mol. The van der Waals surface area contributed by atoms with E-state index in [2.05, 4.69) is 10.3 Å². The minimum atomic E-state index is -4.42. The van der Waals surface area contributed by atoms with Crippen molar-refractivity contribution in [3.63, 3.8) is 0 Å². The van der Waals surface area contributed by atoms with E-state index in [-0.39, 0.29) is 17.0 Å². The highest BCUT2D eigenvalue weighted by Gasteiger charge is 2.34. The van der Waals surface area contributed by atoms with E-state index in [0.29, 0.717) is 37.6 Å². The number of amides is 1. The van der Waals surface area contributed by atoms with Crippen LogP contribution in [0.4, 0.5) is 18.3 Å². The lowest BCUT2D eigenvalue weighted by Gasteiger charge is -2.32. The molecule has 124 valence electrons. The zero-order chi connectivity index (χ0) is 16.3. The molecule has 1 aromatic rings. The second-order valence-corrected chi connectivity index (χ2v) is 6.36. The van der Waals surface area contributed by atoms with Gasteiger partial charge in [-0.25, -0.2) is 4.98 Å². The molecule has 1 aromatic heterocycles. The van der Waals surface area contributed by atoms with Gasteiger partial charge in [0.2, 0.25) is 5.91 Å². The summed E-state index contributed by atoms with van der Waals surface area (Å²) in [6.45, 7) is 5.63. The molecule has 1 saturated heterocycles. The van der Waals surface area contributed by atoms with E-state index in [9.17, 15) is 18.0 Å². The van der Waals surface area contributed by atoms with E-state index in [1.165, 1.54) is 0 Å². The van der Waals surface area contributed by atoms with Crippen LogP contribution in [-0.2, 0) is 15.7 Å². The van der Waals surface area contributed by atoms with Gasteiger partial charge in [0.15, 0.2) is 5.13 Å². The summed E-state index contributed by atoms with van der Waals surface area (Å²) in [5, 5.41) is 2.95. The number of halogens is 3. The molecule has 1 N–H and O–H groups in total. The van der Waals surface area contributed by atoms with Gasteiger partial charge in [0, 0.05) is 13.1 Å². The molecule has 22 heavy (non-hydrogen) atoms. The molecule has 1 amide bonds. The number of hydrogen-bond donors (Lipinski definition) is 1. The van der Waals surface area contributed by atoms with E-state index in [4.69, 9.17) is 4.74 Å². The van der Waals surface area contributed by atoms with E-state index in [1.807, 2.05) is 13.8 Å². The Hall–Kier alpha value is -1.35. The molecule has 0 spiro atoms. The summed E-state index contributed by atoms with van der Waals surface area (Å²) >= 11 is 0.507. The van der Waals surface area contributed by atoms with Crippen molar-refractivity contribution >= 4 is 22.4 Å². The maximum atomic E-state index is 12.6. The van der Waals surface area contributed by atoms with E-state index >= 15 is 0 Å². The van der Waals surface area contributed by atoms with Gasteiger partial charge in [0.05, 0.1) is 19.4 Å². The van der Waals surface area contributed by atoms with E-state index < -0.39 is 17.1 Å². The first-order chi connectivity index (χ1) is 10.3. The van der Waals surface area contributed by atoms with Crippen molar-refractivity contribution in [2.75, 3.05) is 31.6 Å². The number of hydrogen-bond acceptors (Lipinski definition) is 5. The first kappa shape index (κ1) is 17.0. The summed E-state index contributed by atoms with van der Waals surface area (Å²) in [5.41, 5.74) is 0. The van der Waals surface area contributed by atoms with Gasteiger partial charge in [0.1, 0.15) is 10.9 Å². The second-order valence-electron chi connectivity index (χ2n) is 5.33. The van der Waals surface area contributed by atoms with Crippen LogP contribution in [0.5, 0.6) is 0 Å². The number of aromatic nitrogens is 1. The van der Waals surface area contributed by atoms with Gasteiger partial charge in [-0.1, -0.05) is 25.2 Å². The third-order valence-electron chi connectivity index (χ3n) is 3.32. The monoisotopic (exact) mass is 337 g/mol. The average molecular weight is 337 g/mol. The fourth-order valence-electron chi connectivity index (χ4n) is 2.10. The predicted molar refractivity (Wildman–Crippen MR) is 76.8 cm³/mol. The summed E-state index contributed by atoms with van der Waals surface area (Å²) in [4.78, 5) is 17.1. The highest BCUT2D eigenvalue weighted by atomic mass is 32.1. The number of thiazole rings is 1. The summed E-state index contributed by atoms with van der Waals surface area (Å²) in [6.07, 6.45) is -3.64. The Balaban J connectivity index is 2.08. The van der Waals surface area contributed by atoms with Gasteiger partial charge in [-0.2, -0.15) is 13.2 Å². The molecule has 1 aliphatic heterocycles. The number of nitrogens with one attached hydrogen (secondary N) is 1. The molecule has 1 atom stereocenters. The largest absolute Gasteiger partial charge is 0.427 e. The Bertz CT molecular complexity index is 513. The van der Waals surface area contributed by atoms with Crippen molar-refractivity contribution in [2.24, 2.45) is 5.92 Å². The van der Waals surface area contributed by atoms with Crippen LogP contribution in [0.2, 0.25) is 0 Å². The number of rotatable bonds is 4. The topological polar surface area (TPSA) is 54.5 Å². The highest BCUT2D eigenvalue weighted by Crippen LogP contribution is 2.35. The SMILES string of the molecule is CC(C)C(Nc1ncc(C(F)(F)F)s1)C(=O)N1CCOCC1. The zero-order valence-corrected chi connectivity index (χ0v) is 13.1. The average Bonchev–Trinajstić information content (AvgIpc) is 2.93. The van der Waals surface area contributed by atoms with E-state index in [1.54, 1.807) is 4.90 Å². The molecule has 2 rings (SSSR count). The first-order valence-corrected chi connectivity index (χ1v) is 7.77. The van der Waals surface area contributed by atoms with Crippen LogP contribution in [0.15, 0.2) is 6.20 Å². The Labute approximate surface area is 130 Å². The molecule has 2 heterocycles. The summed E-state index contributed by atoms with van der Waals surface area (Å²) in [5.74, 6) is -0.212. The molecule has 0 bridgehead atoms. The van der Waals surface area contributed by atoms with Gasteiger partial charge in [-0.15, -0.1) is 0 Å². The quantitative estimate of drug-likeness (QED) is 0.917. The minimum absolute atomic E-state index is 0.0754. The number of carbonyl (C=O) groups excluding carboxylic acids is 1. The zero-order valence-electron chi connectivity index (χ0n) is 12.3. The lowest BCUT2D eigenvalue weighted by Crippen LogP contribution is -2.49. The maximum Gasteiger partial charge on any atom is 0.427 e. The van der Waals surface area contributed by atoms with Gasteiger partial charge >= 0.3 is 6.18 Å². The number of ether oxygens (including phenoxy) is 1. The van der Waals surface area contributed by atoms with Crippen molar-refractivity contribution in [3.8, 4) is 0 Å². The molecule has 5 nitrogen and oxygen atoms in total. The Morgan fingerprint density at radius 3 is 2.55 bits per heavy atom. The Morgan fingerprint density at radius 1 is 1.41 bits per heavy atom. The number of alkyl halides is 3. The summed E-state index contributed by atoms with van der Waals surface area (Å²) in [6, 6.07) is -0.606. The molecule has 0 aromatic carbocycles. The second kappa shape index (κ2) is 6.82. The summed E-state index contributed by atoms with van der Waals surface area (Å²) < 4.78 is 43.0. The molecule has 0 aliphatic carbocycles. The lowest BCUT2D eigenvalue weighted by atomic mass is 10.0. The molecule has 0 saturated carbocycles. The Morgan fingerprint density at radius 2 is 2.05 bits per heavy atom. The normalized spacial score (nSPS) is 17.6. The van der Waals surface area contributed by atoms with E-state index in [0.717, 1.165) is 6.20 Å². The predicted octanol–water partition coefficient (Wildman–Crippen LogP) is 2.46. The van der Waals surface area contributed by atoms with Gasteiger partial charge in [-0.3, -0.25) is 4.79 Å². The van der Waals surface area contributed by atoms with Crippen LogP contribution in [0.3, 0.4) is 0 Å². The number of anilines is 1. The lowest BCUT2D eigenvalue weighted by molar-refractivity contribution is -0.137. The van der Waals surface area contributed by atoms with Crippen LogP contribution < -0.4 is 5.32 Å². The van der Waals surface area contributed by atoms with Crippen LogP contribution in [0.25, 0.3) is 0 Å². The fraction of sp³-hybridized carbons (Fsp3) is 0.692. The molecule has 1 unspecified atom stereocenters. The van der Waals surface area contributed by atoms with Crippen LogP contribution in [0.1, 0.15) is 18.7 Å². The molecule has 9 heteroatoms. The fourth-order valence-corrected chi connectivity index (χ4v) is 2.82. The van der Waals surface area contributed by atoms with Crippen molar-refractivity contribution in [1.29, 1.82) is 0 Å². The van der Waals surface area contributed by atoms with Gasteiger partial charge in [-0.05, 0) is 5.92 Å². The maximum absolute atomic E-state index is 12.6. The highest BCUT2D eigenvalue weighted by molar-refractivity contribution is 7.15. The smallest absolute Gasteiger partial charge is 0.378 e. The van der Waals surface area contributed by atoms with Crippen molar-refractivity contribution in [3.05, 3.63) is 11.1 Å². The molecule has 1 aliphatic rings. The number of morpholine rings is 1. The molecule has 1 fully saturated rings. The molecule has 0 radical (unpaired) electrons. The first-order valence-electron chi connectivity index (χ1n) is 6.95. The van der Waals surface area contributed by atoms with Crippen molar-refractivity contribution < 1.29 is 22.7 Å². The minimum Gasteiger partial charge on any atom is -0.378 e. The van der Waals surface area contributed by atoms with Gasteiger partial charge < -0.3 is 15.0 Å². The number of carbonyl (C=O) groups is 1. The van der Waals surface area contributed by atoms with Crippen molar-refractivity contribution in [2.45, 2.75) is 26.1 Å². The summed E-state index contributed by atoms with van der Waals surface area (Å²) in [7, 11) is 0. The van der Waals surface area contributed by atoms with Crippen molar-refractivity contribution in [1.82, 2.24) is 9.88 Å². The molecular formula is C13H18F3N3O2S. The number of nitrogens with zero attached hydrogens (tertiary/aromatic N) is 2. The van der Waals surface area contributed by atoms with Crippen LogP contribution in [-0.4, -0.2) is 48.1 Å².